The molecule has 0 spiro atoms. The maximum Gasteiger partial charge on any atom is 0.410 e. The molecular weight excluding hydrogens is 256 g/mol. The summed E-state index contributed by atoms with van der Waals surface area (Å²) in [6.45, 7) is 8.65. The first-order chi connectivity index (χ1) is 9.24. The molecule has 1 aromatic rings. The van der Waals surface area contributed by atoms with Crippen LogP contribution in [0.3, 0.4) is 0 Å². The second-order valence-corrected chi connectivity index (χ2v) is 6.23. The molecule has 0 aliphatic carbocycles. The van der Waals surface area contributed by atoms with E-state index in [2.05, 4.69) is 5.32 Å². The number of amides is 1. The molecule has 0 aromatic heterocycles. The van der Waals surface area contributed by atoms with Gasteiger partial charge in [-0.1, -0.05) is 6.07 Å². The van der Waals surface area contributed by atoms with Gasteiger partial charge in [-0.05, 0) is 39.3 Å². The number of ether oxygens (including phenoxy) is 1. The predicted octanol–water partition coefficient (Wildman–Crippen LogP) is 2.73. The summed E-state index contributed by atoms with van der Waals surface area (Å²) in [6.07, 6.45) is -0.276. The number of hydrogen-bond donors (Lipinski definition) is 2. The van der Waals surface area contributed by atoms with Crippen LogP contribution < -0.4 is 5.32 Å². The van der Waals surface area contributed by atoms with Crippen molar-refractivity contribution < 1.29 is 14.6 Å². The highest BCUT2D eigenvalue weighted by Crippen LogP contribution is 2.23. The van der Waals surface area contributed by atoms with Crippen molar-refractivity contribution in [2.75, 3.05) is 18.4 Å². The second kappa shape index (κ2) is 5.23. The van der Waals surface area contributed by atoms with Crippen LogP contribution in [0.5, 0.6) is 5.75 Å². The van der Waals surface area contributed by atoms with E-state index in [1.54, 1.807) is 11.0 Å². The summed E-state index contributed by atoms with van der Waals surface area (Å²) in [7, 11) is 0. The highest BCUT2D eigenvalue weighted by molar-refractivity contribution is 5.69. The molecule has 1 aliphatic heterocycles. The van der Waals surface area contributed by atoms with Crippen LogP contribution in [-0.2, 0) is 4.74 Å². The maximum atomic E-state index is 11.8. The van der Waals surface area contributed by atoms with Gasteiger partial charge in [0.15, 0.2) is 0 Å². The van der Waals surface area contributed by atoms with Gasteiger partial charge in [-0.25, -0.2) is 4.79 Å². The van der Waals surface area contributed by atoms with Crippen molar-refractivity contribution in [2.24, 2.45) is 0 Å². The molecule has 0 atom stereocenters. The quantitative estimate of drug-likeness (QED) is 0.873. The molecule has 1 heterocycles. The zero-order valence-corrected chi connectivity index (χ0v) is 12.4. The van der Waals surface area contributed by atoms with Crippen LogP contribution in [0.4, 0.5) is 10.5 Å². The minimum absolute atomic E-state index is 0.199. The molecule has 1 amide bonds. The van der Waals surface area contributed by atoms with Gasteiger partial charge in [0, 0.05) is 24.8 Å². The van der Waals surface area contributed by atoms with Gasteiger partial charge in [0.2, 0.25) is 0 Å². The summed E-state index contributed by atoms with van der Waals surface area (Å²) in [5.74, 6) is 0.276. The number of anilines is 1. The molecule has 0 saturated carbocycles. The minimum Gasteiger partial charge on any atom is -0.508 e. The Labute approximate surface area is 119 Å². The summed E-state index contributed by atoms with van der Waals surface area (Å²) in [5.41, 5.74) is 1.25. The summed E-state index contributed by atoms with van der Waals surface area (Å²) in [5, 5.41) is 12.9. The molecule has 0 unspecified atom stereocenters. The molecule has 20 heavy (non-hydrogen) atoms. The number of phenolic OH excluding ortho intramolecular Hbond substituents is 1. The van der Waals surface area contributed by atoms with Gasteiger partial charge in [-0.2, -0.15) is 0 Å². The lowest BCUT2D eigenvalue weighted by atomic mass is 10.1. The molecule has 2 N–H and O–H groups in total. The zero-order chi connectivity index (χ0) is 14.9. The molecular formula is C15H22N2O3. The van der Waals surface area contributed by atoms with Crippen molar-refractivity contribution in [3.05, 3.63) is 23.8 Å². The number of hydrogen-bond acceptors (Lipinski definition) is 4. The first kappa shape index (κ1) is 14.5. The number of phenols is 1. The van der Waals surface area contributed by atoms with Gasteiger partial charge in [0.25, 0.3) is 0 Å². The monoisotopic (exact) mass is 278 g/mol. The number of aromatic hydroxyl groups is 1. The normalized spacial score (nSPS) is 15.7. The SMILES string of the molecule is Cc1ccc(NC2CN(C(=O)OC(C)(C)C)C2)cc1O. The molecule has 5 heteroatoms. The predicted molar refractivity (Wildman–Crippen MR) is 78.1 cm³/mol. The number of carbonyl (C=O) groups is 1. The number of nitrogens with zero attached hydrogens (tertiary/aromatic N) is 1. The van der Waals surface area contributed by atoms with Crippen molar-refractivity contribution >= 4 is 11.8 Å². The molecule has 1 saturated heterocycles. The Hall–Kier alpha value is -1.91. The van der Waals surface area contributed by atoms with E-state index in [1.807, 2.05) is 39.8 Å². The Kier molecular flexibility index (Phi) is 3.79. The summed E-state index contributed by atoms with van der Waals surface area (Å²) in [6, 6.07) is 5.68. The molecule has 0 radical (unpaired) electrons. The largest absolute Gasteiger partial charge is 0.508 e. The average molecular weight is 278 g/mol. The number of nitrogens with one attached hydrogen (secondary N) is 1. The lowest BCUT2D eigenvalue weighted by Crippen LogP contribution is -2.57. The van der Waals surface area contributed by atoms with E-state index in [1.165, 1.54) is 0 Å². The van der Waals surface area contributed by atoms with Crippen LogP contribution >= 0.6 is 0 Å². The van der Waals surface area contributed by atoms with Crippen LogP contribution in [0.15, 0.2) is 18.2 Å². The number of aryl methyl sites for hydroxylation is 1. The van der Waals surface area contributed by atoms with E-state index in [9.17, 15) is 9.90 Å². The highest BCUT2D eigenvalue weighted by atomic mass is 16.6. The van der Waals surface area contributed by atoms with Gasteiger partial charge in [-0.15, -0.1) is 0 Å². The number of likely N-dealkylation sites (tertiary alicyclic amines) is 1. The fourth-order valence-electron chi connectivity index (χ4n) is 1.98. The van der Waals surface area contributed by atoms with E-state index < -0.39 is 5.60 Å². The Bertz CT molecular complexity index is 502. The van der Waals surface area contributed by atoms with Crippen LogP contribution in [0.2, 0.25) is 0 Å². The summed E-state index contributed by atoms with van der Waals surface area (Å²) in [4.78, 5) is 13.4. The number of rotatable bonds is 2. The van der Waals surface area contributed by atoms with E-state index >= 15 is 0 Å². The lowest BCUT2D eigenvalue weighted by molar-refractivity contribution is 0.0105. The number of benzene rings is 1. The summed E-state index contributed by atoms with van der Waals surface area (Å²) < 4.78 is 5.29. The molecule has 1 aliphatic rings. The van der Waals surface area contributed by atoms with Gasteiger partial charge in [0.05, 0.1) is 6.04 Å². The lowest BCUT2D eigenvalue weighted by Gasteiger charge is -2.40. The highest BCUT2D eigenvalue weighted by Gasteiger charge is 2.33. The molecule has 5 nitrogen and oxygen atoms in total. The van der Waals surface area contributed by atoms with E-state index in [4.69, 9.17) is 4.74 Å². The molecule has 1 fully saturated rings. The third-order valence-electron chi connectivity index (χ3n) is 3.11. The van der Waals surface area contributed by atoms with E-state index in [0.29, 0.717) is 13.1 Å². The van der Waals surface area contributed by atoms with Gasteiger partial charge in [0.1, 0.15) is 11.4 Å². The topological polar surface area (TPSA) is 61.8 Å². The van der Waals surface area contributed by atoms with Crippen molar-refractivity contribution in [1.82, 2.24) is 4.90 Å². The van der Waals surface area contributed by atoms with Gasteiger partial charge >= 0.3 is 6.09 Å². The minimum atomic E-state index is -0.460. The standard InChI is InChI=1S/C15H22N2O3/c1-10-5-6-11(7-13(10)18)16-12-8-17(9-12)14(19)20-15(2,3)4/h5-7,12,16,18H,8-9H2,1-4H3. The van der Waals surface area contributed by atoms with Crippen molar-refractivity contribution in [1.29, 1.82) is 0 Å². The maximum absolute atomic E-state index is 11.8. The first-order valence-electron chi connectivity index (χ1n) is 6.79. The van der Waals surface area contributed by atoms with Gasteiger partial charge < -0.3 is 20.1 Å². The van der Waals surface area contributed by atoms with Crippen molar-refractivity contribution in [3.63, 3.8) is 0 Å². The Balaban J connectivity index is 1.82. The Morgan fingerprint density at radius 2 is 2.05 bits per heavy atom. The second-order valence-electron chi connectivity index (χ2n) is 6.23. The Morgan fingerprint density at radius 3 is 2.60 bits per heavy atom. The fraction of sp³-hybridized carbons (Fsp3) is 0.533. The third kappa shape index (κ3) is 3.56. The van der Waals surface area contributed by atoms with Crippen LogP contribution in [0.1, 0.15) is 26.3 Å². The number of carbonyl (C=O) groups excluding carboxylic acids is 1. The van der Waals surface area contributed by atoms with Crippen LogP contribution in [0.25, 0.3) is 0 Å². The Morgan fingerprint density at radius 1 is 1.40 bits per heavy atom. The smallest absolute Gasteiger partial charge is 0.410 e. The van der Waals surface area contributed by atoms with Crippen molar-refractivity contribution in [3.8, 4) is 5.75 Å². The van der Waals surface area contributed by atoms with Crippen LogP contribution in [-0.4, -0.2) is 40.8 Å². The zero-order valence-electron chi connectivity index (χ0n) is 12.4. The fourth-order valence-corrected chi connectivity index (χ4v) is 1.98. The van der Waals surface area contributed by atoms with E-state index in [0.717, 1.165) is 11.3 Å². The van der Waals surface area contributed by atoms with Crippen LogP contribution in [0, 0.1) is 6.92 Å². The first-order valence-corrected chi connectivity index (χ1v) is 6.79. The average Bonchev–Trinajstić information content (AvgIpc) is 2.25. The molecule has 110 valence electrons. The van der Waals surface area contributed by atoms with E-state index in [-0.39, 0.29) is 17.9 Å². The summed E-state index contributed by atoms with van der Waals surface area (Å²) >= 11 is 0. The molecule has 1 aromatic carbocycles. The third-order valence-corrected chi connectivity index (χ3v) is 3.11. The molecule has 2 rings (SSSR count). The van der Waals surface area contributed by atoms with Gasteiger partial charge in [-0.3, -0.25) is 0 Å². The van der Waals surface area contributed by atoms with Crippen molar-refractivity contribution in [2.45, 2.75) is 39.3 Å². The molecule has 0 bridgehead atoms.